The first-order chi connectivity index (χ1) is 12.0. The molecule has 1 aliphatic heterocycles. The van der Waals surface area contributed by atoms with Crippen LogP contribution in [0.15, 0.2) is 12.1 Å². The molecular weight excluding hydrogens is 326 g/mol. The lowest BCUT2D eigenvalue weighted by atomic mass is 10.1. The van der Waals surface area contributed by atoms with Crippen molar-refractivity contribution < 1.29 is 23.8 Å². The number of fused-ring (bicyclic) bond motifs is 1. The van der Waals surface area contributed by atoms with E-state index in [1.807, 2.05) is 20.8 Å². The molecule has 2 heterocycles. The van der Waals surface area contributed by atoms with E-state index in [1.165, 1.54) is 4.90 Å². The molecule has 8 nitrogen and oxygen atoms in total. The van der Waals surface area contributed by atoms with Gasteiger partial charge >= 0.3 is 5.97 Å². The van der Waals surface area contributed by atoms with E-state index in [1.54, 1.807) is 12.1 Å². The molecule has 1 aromatic rings. The maximum atomic E-state index is 12.8. The second kappa shape index (κ2) is 8.66. The highest BCUT2D eigenvalue weighted by Gasteiger charge is 2.41. The summed E-state index contributed by atoms with van der Waals surface area (Å²) in [4.78, 5) is 30.9. The highest BCUT2D eigenvalue weighted by molar-refractivity contribution is 6.03. The summed E-state index contributed by atoms with van der Waals surface area (Å²) >= 11 is 0. The second-order valence-electron chi connectivity index (χ2n) is 5.57. The van der Waals surface area contributed by atoms with E-state index in [2.05, 4.69) is 4.98 Å². The predicted molar refractivity (Wildman–Crippen MR) is 92.4 cm³/mol. The lowest BCUT2D eigenvalue weighted by molar-refractivity contribution is -0.148. The van der Waals surface area contributed by atoms with Crippen LogP contribution >= 0.6 is 0 Å². The number of hydrogen-bond donors (Lipinski definition) is 1. The number of nitrogens with zero attached hydrogens (tertiary/aromatic N) is 2. The zero-order chi connectivity index (χ0) is 18.4. The van der Waals surface area contributed by atoms with E-state index in [0.29, 0.717) is 31.8 Å². The fraction of sp³-hybridized carbons (Fsp3) is 0.588. The minimum absolute atomic E-state index is 0.135. The molecule has 0 aromatic carbocycles. The normalized spacial score (nSPS) is 17.6. The van der Waals surface area contributed by atoms with E-state index >= 15 is 0 Å². The number of aromatic nitrogens is 1. The van der Waals surface area contributed by atoms with Crippen molar-refractivity contribution in [3.05, 3.63) is 12.1 Å². The Morgan fingerprint density at radius 3 is 2.76 bits per heavy atom. The summed E-state index contributed by atoms with van der Waals surface area (Å²) in [6, 6.07) is 2.47. The van der Waals surface area contributed by atoms with Gasteiger partial charge in [-0.05, 0) is 31.9 Å². The molecule has 0 saturated heterocycles. The molecule has 25 heavy (non-hydrogen) atoms. The number of nitrogens with two attached hydrogens (primary N) is 1. The van der Waals surface area contributed by atoms with Crippen LogP contribution < -0.4 is 15.4 Å². The van der Waals surface area contributed by atoms with Gasteiger partial charge in [0.2, 0.25) is 0 Å². The largest absolute Gasteiger partial charge is 0.477 e. The highest BCUT2D eigenvalue weighted by Crippen LogP contribution is 2.35. The van der Waals surface area contributed by atoms with Crippen molar-refractivity contribution in [3.63, 3.8) is 0 Å². The number of hydrogen-bond acceptors (Lipinski definition) is 7. The van der Waals surface area contributed by atoms with Crippen LogP contribution in [0.3, 0.4) is 0 Å². The molecule has 1 aliphatic rings. The van der Waals surface area contributed by atoms with Gasteiger partial charge in [0.25, 0.3) is 5.91 Å². The number of esters is 1. The zero-order valence-electron chi connectivity index (χ0n) is 14.9. The van der Waals surface area contributed by atoms with E-state index in [9.17, 15) is 9.59 Å². The smallest absolute Gasteiger partial charge is 0.329 e. The van der Waals surface area contributed by atoms with Crippen molar-refractivity contribution in [3.8, 4) is 5.75 Å². The lowest BCUT2D eigenvalue weighted by Gasteiger charge is -2.36. The van der Waals surface area contributed by atoms with Crippen molar-refractivity contribution in [1.82, 2.24) is 4.98 Å². The summed E-state index contributed by atoms with van der Waals surface area (Å²) in [6.45, 7) is 6.51. The molecule has 2 atom stereocenters. The maximum absolute atomic E-state index is 12.8. The Balaban J connectivity index is 2.27. The Kier molecular flexibility index (Phi) is 6.58. The Morgan fingerprint density at radius 1 is 1.36 bits per heavy atom. The Morgan fingerprint density at radius 2 is 2.12 bits per heavy atom. The Labute approximate surface area is 147 Å². The van der Waals surface area contributed by atoms with Gasteiger partial charge in [0.05, 0.1) is 6.61 Å². The molecule has 0 aliphatic carbocycles. The van der Waals surface area contributed by atoms with E-state index < -0.39 is 18.1 Å². The lowest BCUT2D eigenvalue weighted by Crippen LogP contribution is -2.54. The third-order valence-corrected chi connectivity index (χ3v) is 3.89. The number of carbonyl (C=O) groups is 2. The van der Waals surface area contributed by atoms with Crippen LogP contribution in [-0.2, 0) is 19.1 Å². The van der Waals surface area contributed by atoms with Crippen LogP contribution in [0.25, 0.3) is 0 Å². The van der Waals surface area contributed by atoms with Crippen LogP contribution in [0.1, 0.15) is 33.6 Å². The number of amides is 1. The fourth-order valence-corrected chi connectivity index (χ4v) is 2.63. The molecule has 0 fully saturated rings. The number of ether oxygens (including phenoxy) is 3. The number of anilines is 2. The maximum Gasteiger partial charge on any atom is 0.329 e. The van der Waals surface area contributed by atoms with Crippen molar-refractivity contribution in [2.24, 2.45) is 0 Å². The second-order valence-corrected chi connectivity index (χ2v) is 5.57. The van der Waals surface area contributed by atoms with Crippen LogP contribution in [-0.4, -0.2) is 48.8 Å². The fourth-order valence-electron chi connectivity index (χ4n) is 2.63. The molecule has 0 saturated carbocycles. The average molecular weight is 351 g/mol. The topological polar surface area (TPSA) is 104 Å². The van der Waals surface area contributed by atoms with Gasteiger partial charge in [-0.2, -0.15) is 0 Å². The molecule has 0 bridgehead atoms. The molecule has 0 radical (unpaired) electrons. The average Bonchev–Trinajstić information content (AvgIpc) is 2.61. The van der Waals surface area contributed by atoms with Crippen molar-refractivity contribution in [2.45, 2.75) is 45.8 Å². The first-order valence-electron chi connectivity index (χ1n) is 8.54. The SMILES string of the molecule is CCOCCOC(=O)C(CC)N1C(=O)C(CC)Oc2ccc(N)nc21. The van der Waals surface area contributed by atoms with Crippen LogP contribution in [0, 0.1) is 0 Å². The first kappa shape index (κ1) is 19.0. The summed E-state index contributed by atoms with van der Waals surface area (Å²) in [5, 5.41) is 0. The number of pyridine rings is 1. The van der Waals surface area contributed by atoms with E-state index in [4.69, 9.17) is 19.9 Å². The van der Waals surface area contributed by atoms with Gasteiger partial charge < -0.3 is 19.9 Å². The predicted octanol–water partition coefficient (Wildman–Crippen LogP) is 1.53. The summed E-state index contributed by atoms with van der Waals surface area (Å²) in [7, 11) is 0. The monoisotopic (exact) mass is 351 g/mol. The van der Waals surface area contributed by atoms with Crippen molar-refractivity contribution in [1.29, 1.82) is 0 Å². The summed E-state index contributed by atoms with van der Waals surface area (Å²) in [6.07, 6.45) is 0.198. The van der Waals surface area contributed by atoms with Crippen LogP contribution in [0.2, 0.25) is 0 Å². The molecule has 2 N–H and O–H groups in total. The number of nitrogen functional groups attached to an aromatic ring is 1. The van der Waals surface area contributed by atoms with Gasteiger partial charge in [-0.3, -0.25) is 9.69 Å². The van der Waals surface area contributed by atoms with Crippen LogP contribution in [0.4, 0.5) is 11.6 Å². The van der Waals surface area contributed by atoms with E-state index in [0.717, 1.165) is 0 Å². The molecule has 0 spiro atoms. The number of carbonyl (C=O) groups excluding carboxylic acids is 2. The third-order valence-electron chi connectivity index (χ3n) is 3.89. The Hall–Kier alpha value is -2.35. The minimum Gasteiger partial charge on any atom is -0.477 e. The zero-order valence-corrected chi connectivity index (χ0v) is 14.9. The highest BCUT2D eigenvalue weighted by atomic mass is 16.6. The van der Waals surface area contributed by atoms with Crippen molar-refractivity contribution >= 4 is 23.5 Å². The number of rotatable bonds is 8. The minimum atomic E-state index is -0.792. The third kappa shape index (κ3) is 4.19. The van der Waals surface area contributed by atoms with Gasteiger partial charge in [-0.15, -0.1) is 0 Å². The molecule has 2 unspecified atom stereocenters. The molecular formula is C17H25N3O5. The van der Waals surface area contributed by atoms with Gasteiger partial charge in [-0.25, -0.2) is 9.78 Å². The molecule has 2 rings (SSSR count). The van der Waals surface area contributed by atoms with Gasteiger partial charge in [0.15, 0.2) is 17.7 Å². The molecule has 1 amide bonds. The molecule has 1 aromatic heterocycles. The molecule has 8 heteroatoms. The Bertz CT molecular complexity index is 622. The van der Waals surface area contributed by atoms with E-state index in [-0.39, 0.29) is 24.1 Å². The summed E-state index contributed by atoms with van der Waals surface area (Å²) in [5.74, 6) is 0.114. The van der Waals surface area contributed by atoms with Gasteiger partial charge in [-0.1, -0.05) is 13.8 Å². The summed E-state index contributed by atoms with van der Waals surface area (Å²) in [5.41, 5.74) is 5.75. The quantitative estimate of drug-likeness (QED) is 0.559. The van der Waals surface area contributed by atoms with Crippen molar-refractivity contribution in [2.75, 3.05) is 30.5 Å². The van der Waals surface area contributed by atoms with Crippen LogP contribution in [0.5, 0.6) is 5.75 Å². The first-order valence-corrected chi connectivity index (χ1v) is 8.54. The van der Waals surface area contributed by atoms with Gasteiger partial charge in [0.1, 0.15) is 18.5 Å². The van der Waals surface area contributed by atoms with Gasteiger partial charge in [0, 0.05) is 6.61 Å². The molecule has 138 valence electrons. The summed E-state index contributed by atoms with van der Waals surface area (Å²) < 4.78 is 16.1. The standard InChI is InChI=1S/C17H25N3O5/c1-4-11(17(22)24-10-9-23-6-3)20-15-13(7-8-14(18)19-15)25-12(5-2)16(20)21/h7-8,11-12H,4-6,9-10H2,1-3H3,(H2,18,19).